The summed E-state index contributed by atoms with van der Waals surface area (Å²) in [4.78, 5) is 27.3. The van der Waals surface area contributed by atoms with Crippen LogP contribution < -0.4 is 10.1 Å². The van der Waals surface area contributed by atoms with Crippen LogP contribution in [0.1, 0.15) is 32.8 Å². The van der Waals surface area contributed by atoms with Crippen LogP contribution in [0.4, 0.5) is 0 Å². The predicted molar refractivity (Wildman–Crippen MR) is 116 cm³/mol. The first kappa shape index (κ1) is 23.0. The first-order valence-electron chi connectivity index (χ1n) is 9.54. The van der Waals surface area contributed by atoms with Crippen molar-refractivity contribution in [3.05, 3.63) is 64.1 Å². The van der Waals surface area contributed by atoms with E-state index < -0.39 is 6.04 Å². The summed E-state index contributed by atoms with van der Waals surface area (Å²) in [6.45, 7) is 5.52. The Bertz CT molecular complexity index is 808. The summed E-state index contributed by atoms with van der Waals surface area (Å²) < 4.78 is 5.61. The second-order valence-electron chi connectivity index (χ2n) is 6.91. The molecular weight excluding hydrogens is 411 g/mol. The Morgan fingerprint density at radius 2 is 1.66 bits per heavy atom. The van der Waals surface area contributed by atoms with E-state index in [4.69, 9.17) is 27.9 Å². The highest BCUT2D eigenvalue weighted by atomic mass is 35.5. The molecule has 0 saturated carbocycles. The number of carbonyl (C=O) groups excluding carboxylic acids is 2. The van der Waals surface area contributed by atoms with E-state index in [2.05, 4.69) is 5.32 Å². The molecule has 0 unspecified atom stereocenters. The number of nitrogens with zero attached hydrogens (tertiary/aromatic N) is 1. The van der Waals surface area contributed by atoms with Gasteiger partial charge in [0.1, 0.15) is 11.8 Å². The summed E-state index contributed by atoms with van der Waals surface area (Å²) in [7, 11) is 0. The van der Waals surface area contributed by atoms with Crippen molar-refractivity contribution in [1.29, 1.82) is 0 Å². The minimum absolute atomic E-state index is 0.0435. The van der Waals surface area contributed by atoms with Crippen molar-refractivity contribution in [3.63, 3.8) is 0 Å². The van der Waals surface area contributed by atoms with Crippen LogP contribution in [-0.2, 0) is 16.1 Å². The minimum Gasteiger partial charge on any atom is -0.484 e. The van der Waals surface area contributed by atoms with Gasteiger partial charge in [-0.3, -0.25) is 9.59 Å². The number of carbonyl (C=O) groups is 2. The van der Waals surface area contributed by atoms with E-state index in [0.29, 0.717) is 27.8 Å². The van der Waals surface area contributed by atoms with Crippen LogP contribution in [0, 0.1) is 0 Å². The van der Waals surface area contributed by atoms with Gasteiger partial charge in [0.15, 0.2) is 6.61 Å². The minimum atomic E-state index is -0.670. The Morgan fingerprint density at radius 1 is 1.03 bits per heavy atom. The van der Waals surface area contributed by atoms with Crippen molar-refractivity contribution in [2.24, 2.45) is 0 Å². The summed E-state index contributed by atoms with van der Waals surface area (Å²) in [6, 6.07) is 13.5. The molecule has 0 heterocycles. The summed E-state index contributed by atoms with van der Waals surface area (Å²) in [5.74, 6) is 0.0330. The standard InChI is InChI=1S/C22H26Cl2N2O3/c1-4-20(22(28)25-15(2)3)26(13-17-18(23)11-8-12-19(17)24)21(27)14-29-16-9-6-5-7-10-16/h5-12,15,20H,4,13-14H2,1-3H3,(H,25,28)/t20-/m1/s1. The SMILES string of the molecule is CC[C@H](C(=O)NC(C)C)N(Cc1c(Cl)cccc1Cl)C(=O)COc1ccccc1. The summed E-state index contributed by atoms with van der Waals surface area (Å²) in [6.07, 6.45) is 0.442. The molecule has 0 radical (unpaired) electrons. The Balaban J connectivity index is 2.27. The maximum absolute atomic E-state index is 13.1. The van der Waals surface area contributed by atoms with Crippen LogP contribution in [0.25, 0.3) is 0 Å². The highest BCUT2D eigenvalue weighted by Gasteiger charge is 2.30. The fourth-order valence-electron chi connectivity index (χ4n) is 2.90. The van der Waals surface area contributed by atoms with Gasteiger partial charge in [-0.25, -0.2) is 0 Å². The highest BCUT2D eigenvalue weighted by molar-refractivity contribution is 6.36. The van der Waals surface area contributed by atoms with E-state index >= 15 is 0 Å². The molecule has 2 aromatic carbocycles. The summed E-state index contributed by atoms with van der Waals surface area (Å²) in [5, 5.41) is 3.76. The van der Waals surface area contributed by atoms with Crippen molar-refractivity contribution >= 4 is 35.0 Å². The zero-order chi connectivity index (χ0) is 21.4. The van der Waals surface area contributed by atoms with Crippen molar-refractivity contribution in [1.82, 2.24) is 10.2 Å². The first-order chi connectivity index (χ1) is 13.8. The van der Waals surface area contributed by atoms with Gasteiger partial charge in [0, 0.05) is 28.2 Å². The Morgan fingerprint density at radius 3 is 2.21 bits per heavy atom. The van der Waals surface area contributed by atoms with E-state index in [-0.39, 0.29) is 31.0 Å². The van der Waals surface area contributed by atoms with E-state index in [1.165, 1.54) is 4.90 Å². The quantitative estimate of drug-likeness (QED) is 0.619. The maximum atomic E-state index is 13.1. The van der Waals surface area contributed by atoms with E-state index in [1.54, 1.807) is 30.3 Å². The third-order valence-electron chi connectivity index (χ3n) is 4.31. The monoisotopic (exact) mass is 436 g/mol. The number of hydrogen-bond acceptors (Lipinski definition) is 3. The van der Waals surface area contributed by atoms with Gasteiger partial charge < -0.3 is 15.0 Å². The average molecular weight is 437 g/mol. The molecule has 0 spiro atoms. The van der Waals surface area contributed by atoms with Gasteiger partial charge in [-0.2, -0.15) is 0 Å². The van der Waals surface area contributed by atoms with Crippen molar-refractivity contribution < 1.29 is 14.3 Å². The molecule has 29 heavy (non-hydrogen) atoms. The highest BCUT2D eigenvalue weighted by Crippen LogP contribution is 2.27. The van der Waals surface area contributed by atoms with Crippen LogP contribution in [-0.4, -0.2) is 35.4 Å². The van der Waals surface area contributed by atoms with Crippen LogP contribution in [0.15, 0.2) is 48.5 Å². The number of amides is 2. The fraction of sp³-hybridized carbons (Fsp3) is 0.364. The third-order valence-corrected chi connectivity index (χ3v) is 5.02. The molecule has 5 nitrogen and oxygen atoms in total. The predicted octanol–water partition coefficient (Wildman–Crippen LogP) is 4.70. The zero-order valence-electron chi connectivity index (χ0n) is 16.8. The lowest BCUT2D eigenvalue weighted by Gasteiger charge is -2.31. The van der Waals surface area contributed by atoms with Crippen molar-refractivity contribution in [3.8, 4) is 5.75 Å². The van der Waals surface area contributed by atoms with Gasteiger partial charge in [-0.15, -0.1) is 0 Å². The zero-order valence-corrected chi connectivity index (χ0v) is 18.3. The molecule has 0 aliphatic carbocycles. The molecule has 156 valence electrons. The Labute approximate surface area is 181 Å². The molecule has 0 bridgehead atoms. The van der Waals surface area contributed by atoms with Crippen LogP contribution in [0.3, 0.4) is 0 Å². The maximum Gasteiger partial charge on any atom is 0.261 e. The second-order valence-corrected chi connectivity index (χ2v) is 7.73. The number of benzene rings is 2. The second kappa shape index (κ2) is 11.1. The van der Waals surface area contributed by atoms with Crippen LogP contribution in [0.2, 0.25) is 10.0 Å². The first-order valence-corrected chi connectivity index (χ1v) is 10.3. The van der Waals surface area contributed by atoms with Gasteiger partial charge in [0.05, 0.1) is 0 Å². The fourth-order valence-corrected chi connectivity index (χ4v) is 3.42. The number of hydrogen-bond donors (Lipinski definition) is 1. The number of rotatable bonds is 9. The largest absolute Gasteiger partial charge is 0.484 e. The molecule has 1 N–H and O–H groups in total. The van der Waals surface area contributed by atoms with Gasteiger partial charge in [0.25, 0.3) is 5.91 Å². The van der Waals surface area contributed by atoms with Gasteiger partial charge in [0.2, 0.25) is 5.91 Å². The molecule has 0 saturated heterocycles. The smallest absolute Gasteiger partial charge is 0.261 e. The normalized spacial score (nSPS) is 11.8. The molecule has 1 atom stereocenters. The summed E-state index contributed by atoms with van der Waals surface area (Å²) in [5.41, 5.74) is 0.597. The number of nitrogens with one attached hydrogen (secondary N) is 1. The topological polar surface area (TPSA) is 58.6 Å². The molecule has 0 aromatic heterocycles. The van der Waals surface area contributed by atoms with Gasteiger partial charge >= 0.3 is 0 Å². The van der Waals surface area contributed by atoms with Crippen LogP contribution in [0.5, 0.6) is 5.75 Å². The van der Waals surface area contributed by atoms with Crippen LogP contribution >= 0.6 is 23.2 Å². The Hall–Kier alpha value is -2.24. The molecular formula is C22H26Cl2N2O3. The van der Waals surface area contributed by atoms with Crippen molar-refractivity contribution in [2.75, 3.05) is 6.61 Å². The van der Waals surface area contributed by atoms with E-state index in [9.17, 15) is 9.59 Å². The number of para-hydroxylation sites is 1. The van der Waals surface area contributed by atoms with Crippen molar-refractivity contribution in [2.45, 2.75) is 45.8 Å². The molecule has 2 amide bonds. The molecule has 7 heteroatoms. The van der Waals surface area contributed by atoms with E-state index in [1.807, 2.05) is 39.0 Å². The molecule has 2 rings (SSSR count). The van der Waals surface area contributed by atoms with Gasteiger partial charge in [-0.1, -0.05) is 54.4 Å². The van der Waals surface area contributed by atoms with Gasteiger partial charge in [-0.05, 0) is 44.5 Å². The number of ether oxygens (including phenoxy) is 1. The summed E-state index contributed by atoms with van der Waals surface area (Å²) >= 11 is 12.6. The Kier molecular flexibility index (Phi) is 8.80. The average Bonchev–Trinajstić information content (AvgIpc) is 2.68. The lowest BCUT2D eigenvalue weighted by Crippen LogP contribution is -2.51. The molecule has 0 aliphatic heterocycles. The molecule has 2 aromatic rings. The lowest BCUT2D eigenvalue weighted by molar-refractivity contribution is -0.143. The lowest BCUT2D eigenvalue weighted by atomic mass is 10.1. The molecule has 0 aliphatic rings. The molecule has 0 fully saturated rings. The number of halogens is 2. The third kappa shape index (κ3) is 6.65. The van der Waals surface area contributed by atoms with E-state index in [0.717, 1.165) is 0 Å².